The lowest BCUT2D eigenvalue weighted by atomic mass is 10.2. The molecule has 5 heteroatoms. The van der Waals surface area contributed by atoms with Crippen molar-refractivity contribution in [2.24, 2.45) is 0 Å². The van der Waals surface area contributed by atoms with Crippen molar-refractivity contribution >= 4 is 28.5 Å². The van der Waals surface area contributed by atoms with Crippen LogP contribution in [0.15, 0.2) is 36.7 Å². The lowest BCUT2D eigenvalue weighted by molar-refractivity contribution is 0.0938. The lowest BCUT2D eigenvalue weighted by Crippen LogP contribution is -2.27. The number of hydrogen-bond acceptors (Lipinski definition) is 2. The van der Waals surface area contributed by atoms with E-state index in [0.29, 0.717) is 5.56 Å². The van der Waals surface area contributed by atoms with Crippen LogP contribution in [0.25, 0.3) is 0 Å². The van der Waals surface area contributed by atoms with Gasteiger partial charge in [0.25, 0.3) is 5.91 Å². The van der Waals surface area contributed by atoms with Gasteiger partial charge in [-0.05, 0) is 47.7 Å². The van der Waals surface area contributed by atoms with E-state index in [0.717, 1.165) is 9.39 Å². The predicted octanol–water partition coefficient (Wildman–Crippen LogP) is 2.51. The van der Waals surface area contributed by atoms with E-state index < -0.39 is 0 Å². The Morgan fingerprint density at radius 1 is 1.53 bits per heavy atom. The third-order valence-corrected chi connectivity index (χ3v) is 3.03. The molecule has 0 radical (unpaired) electrons. The van der Waals surface area contributed by atoms with Crippen LogP contribution in [0.2, 0.25) is 0 Å². The maximum atomic E-state index is 11.9. The van der Waals surface area contributed by atoms with Gasteiger partial charge in [0, 0.05) is 21.5 Å². The Morgan fingerprint density at radius 3 is 3.00 bits per heavy atom. The van der Waals surface area contributed by atoms with Gasteiger partial charge in [0.05, 0.1) is 6.04 Å². The summed E-state index contributed by atoms with van der Waals surface area (Å²) >= 11 is 2.18. The Hall–Kier alpha value is -1.37. The molecular weight excluding hydrogens is 329 g/mol. The number of amides is 1. The molecule has 1 unspecified atom stereocenters. The summed E-state index contributed by atoms with van der Waals surface area (Å²) in [5, 5.41) is 2.89. The Bertz CT molecular complexity index is 510. The van der Waals surface area contributed by atoms with Gasteiger partial charge in [-0.3, -0.25) is 4.79 Å². The van der Waals surface area contributed by atoms with Crippen LogP contribution < -0.4 is 5.32 Å². The number of nitrogens with zero attached hydrogens (tertiary/aromatic N) is 1. The summed E-state index contributed by atoms with van der Waals surface area (Å²) in [5.41, 5.74) is 0.662. The number of H-pyrrole nitrogens is 1. The average Bonchev–Trinajstić information content (AvgIpc) is 2.82. The number of imidazole rings is 1. The third kappa shape index (κ3) is 3.06. The van der Waals surface area contributed by atoms with E-state index in [-0.39, 0.29) is 11.9 Å². The van der Waals surface area contributed by atoms with E-state index in [1.165, 1.54) is 0 Å². The molecule has 0 fully saturated rings. The molecule has 0 saturated heterocycles. The third-order valence-electron chi connectivity index (χ3n) is 2.36. The monoisotopic (exact) mass is 341 g/mol. The molecule has 1 atom stereocenters. The first-order chi connectivity index (χ1) is 8.16. The molecule has 0 aliphatic heterocycles. The van der Waals surface area contributed by atoms with Crippen molar-refractivity contribution in [3.63, 3.8) is 0 Å². The van der Waals surface area contributed by atoms with Gasteiger partial charge in [-0.15, -0.1) is 0 Å². The van der Waals surface area contributed by atoms with Gasteiger partial charge in [-0.2, -0.15) is 0 Å². The molecule has 0 aliphatic rings. The minimum Gasteiger partial charge on any atom is -0.347 e. The van der Waals surface area contributed by atoms with Crippen LogP contribution in [-0.2, 0) is 0 Å². The maximum Gasteiger partial charge on any atom is 0.251 e. The lowest BCUT2D eigenvalue weighted by Gasteiger charge is -2.11. The summed E-state index contributed by atoms with van der Waals surface area (Å²) in [6, 6.07) is 7.34. The number of benzene rings is 1. The number of carbonyl (C=O) groups is 1. The molecule has 0 bridgehead atoms. The molecule has 1 amide bonds. The van der Waals surface area contributed by atoms with Crippen LogP contribution in [0, 0.1) is 3.57 Å². The highest BCUT2D eigenvalue weighted by Gasteiger charge is 2.12. The van der Waals surface area contributed by atoms with Gasteiger partial charge in [0.15, 0.2) is 0 Å². The quantitative estimate of drug-likeness (QED) is 0.843. The highest BCUT2D eigenvalue weighted by molar-refractivity contribution is 14.1. The van der Waals surface area contributed by atoms with Crippen LogP contribution in [0.3, 0.4) is 0 Å². The zero-order valence-electron chi connectivity index (χ0n) is 9.27. The molecule has 1 aromatic heterocycles. The Morgan fingerprint density at radius 2 is 2.35 bits per heavy atom. The Balaban J connectivity index is 2.07. The second-order valence-corrected chi connectivity index (χ2v) is 4.93. The number of halogens is 1. The molecular formula is C12H12IN3O. The highest BCUT2D eigenvalue weighted by Crippen LogP contribution is 2.10. The summed E-state index contributed by atoms with van der Waals surface area (Å²) in [7, 11) is 0. The first kappa shape index (κ1) is 12.1. The molecule has 2 rings (SSSR count). The van der Waals surface area contributed by atoms with Crippen LogP contribution in [0.1, 0.15) is 29.1 Å². The predicted molar refractivity (Wildman–Crippen MR) is 73.6 cm³/mol. The van der Waals surface area contributed by atoms with Crippen LogP contribution in [0.5, 0.6) is 0 Å². The number of aromatic amines is 1. The largest absolute Gasteiger partial charge is 0.347 e. The SMILES string of the molecule is CC(NC(=O)c1cccc(I)c1)c1ncc[nH]1. The van der Waals surface area contributed by atoms with Crippen LogP contribution in [-0.4, -0.2) is 15.9 Å². The van der Waals surface area contributed by atoms with Gasteiger partial charge < -0.3 is 10.3 Å². The molecule has 17 heavy (non-hydrogen) atoms. The molecule has 2 aromatic rings. The van der Waals surface area contributed by atoms with Crippen molar-refractivity contribution in [2.45, 2.75) is 13.0 Å². The second kappa shape index (κ2) is 5.31. The standard InChI is InChI=1S/C12H12IN3O/c1-8(11-14-5-6-15-11)16-12(17)9-3-2-4-10(13)7-9/h2-8H,1H3,(H,14,15)(H,16,17). The van der Waals surface area contributed by atoms with E-state index in [4.69, 9.17) is 0 Å². The van der Waals surface area contributed by atoms with Gasteiger partial charge >= 0.3 is 0 Å². The van der Waals surface area contributed by atoms with Crippen molar-refractivity contribution < 1.29 is 4.79 Å². The Kier molecular flexibility index (Phi) is 3.78. The zero-order chi connectivity index (χ0) is 12.3. The molecule has 0 spiro atoms. The summed E-state index contributed by atoms with van der Waals surface area (Å²) in [6.45, 7) is 1.89. The number of rotatable bonds is 3. The summed E-state index contributed by atoms with van der Waals surface area (Å²) < 4.78 is 1.04. The number of nitrogens with one attached hydrogen (secondary N) is 2. The van der Waals surface area contributed by atoms with E-state index in [2.05, 4.69) is 37.9 Å². The molecule has 4 nitrogen and oxygen atoms in total. The molecule has 1 aromatic carbocycles. The molecule has 0 saturated carbocycles. The van der Waals surface area contributed by atoms with E-state index in [9.17, 15) is 4.79 Å². The van der Waals surface area contributed by atoms with Crippen LogP contribution >= 0.6 is 22.6 Å². The summed E-state index contributed by atoms with van der Waals surface area (Å²) in [4.78, 5) is 19.0. The second-order valence-electron chi connectivity index (χ2n) is 3.68. The van der Waals surface area contributed by atoms with Crippen molar-refractivity contribution in [1.29, 1.82) is 0 Å². The van der Waals surface area contributed by atoms with E-state index in [1.807, 2.05) is 25.1 Å². The van der Waals surface area contributed by atoms with Crippen molar-refractivity contribution in [1.82, 2.24) is 15.3 Å². The van der Waals surface area contributed by atoms with Gasteiger partial charge in [0.1, 0.15) is 5.82 Å². The fourth-order valence-corrected chi connectivity index (χ4v) is 2.04. The summed E-state index contributed by atoms with van der Waals surface area (Å²) in [5.74, 6) is 0.663. The molecule has 1 heterocycles. The van der Waals surface area contributed by atoms with Gasteiger partial charge in [-0.1, -0.05) is 6.07 Å². The van der Waals surface area contributed by atoms with E-state index in [1.54, 1.807) is 18.5 Å². The summed E-state index contributed by atoms with van der Waals surface area (Å²) in [6.07, 6.45) is 3.41. The van der Waals surface area contributed by atoms with Gasteiger partial charge in [0.2, 0.25) is 0 Å². The van der Waals surface area contributed by atoms with Crippen molar-refractivity contribution in [2.75, 3.05) is 0 Å². The first-order valence-corrected chi connectivity index (χ1v) is 6.30. The topological polar surface area (TPSA) is 57.8 Å². The first-order valence-electron chi connectivity index (χ1n) is 5.22. The molecule has 2 N–H and O–H groups in total. The number of aromatic nitrogens is 2. The fourth-order valence-electron chi connectivity index (χ4n) is 1.49. The minimum atomic E-state index is -0.129. The number of carbonyl (C=O) groups excluding carboxylic acids is 1. The highest BCUT2D eigenvalue weighted by atomic mass is 127. The van der Waals surface area contributed by atoms with E-state index >= 15 is 0 Å². The van der Waals surface area contributed by atoms with Gasteiger partial charge in [-0.25, -0.2) is 4.98 Å². The van der Waals surface area contributed by atoms with Crippen molar-refractivity contribution in [3.05, 3.63) is 51.6 Å². The molecule has 0 aliphatic carbocycles. The zero-order valence-corrected chi connectivity index (χ0v) is 11.4. The van der Waals surface area contributed by atoms with Crippen LogP contribution in [0.4, 0.5) is 0 Å². The van der Waals surface area contributed by atoms with Crippen molar-refractivity contribution in [3.8, 4) is 0 Å². The smallest absolute Gasteiger partial charge is 0.251 e. The minimum absolute atomic E-state index is 0.0904. The average molecular weight is 341 g/mol. The normalized spacial score (nSPS) is 12.1. The number of hydrogen-bond donors (Lipinski definition) is 2. The maximum absolute atomic E-state index is 11.9. The Labute approximate surface area is 113 Å². The molecule has 88 valence electrons. The fraction of sp³-hybridized carbons (Fsp3) is 0.167.